The first-order valence-corrected chi connectivity index (χ1v) is 4.51. The normalized spacial score (nSPS) is 14.9. The molecule has 2 rings (SSSR count). The van der Waals surface area contributed by atoms with Crippen molar-refractivity contribution in [2.45, 2.75) is 19.3 Å². The Balaban J connectivity index is 0.000000845. The summed E-state index contributed by atoms with van der Waals surface area (Å²) in [4.78, 5) is 4.45. The van der Waals surface area contributed by atoms with Gasteiger partial charge in [0, 0.05) is 18.7 Å². The van der Waals surface area contributed by atoms with Gasteiger partial charge in [-0.1, -0.05) is 30.3 Å². The van der Waals surface area contributed by atoms with E-state index in [9.17, 15) is 0 Å². The van der Waals surface area contributed by atoms with Crippen molar-refractivity contribution in [2.75, 3.05) is 6.54 Å². The van der Waals surface area contributed by atoms with E-state index < -0.39 is 0 Å². The van der Waals surface area contributed by atoms with Gasteiger partial charge >= 0.3 is 0 Å². The quantitative estimate of drug-likeness (QED) is 0.688. The first-order chi connectivity index (χ1) is 5.95. The van der Waals surface area contributed by atoms with Crippen LogP contribution in [0.1, 0.15) is 18.4 Å². The zero-order valence-corrected chi connectivity index (χ0v) is 8.39. The Bertz CT molecular complexity index is 279. The highest BCUT2D eigenvalue weighted by atomic mass is 35.5. The van der Waals surface area contributed by atoms with E-state index in [1.165, 1.54) is 24.1 Å². The molecule has 1 heterocycles. The number of halogens is 1. The molecule has 1 aromatic rings. The van der Waals surface area contributed by atoms with Crippen molar-refractivity contribution in [3.63, 3.8) is 0 Å². The molecule has 0 amide bonds. The van der Waals surface area contributed by atoms with Gasteiger partial charge in [-0.3, -0.25) is 4.99 Å². The van der Waals surface area contributed by atoms with Crippen LogP contribution in [0.5, 0.6) is 0 Å². The third kappa shape index (κ3) is 2.85. The van der Waals surface area contributed by atoms with E-state index in [0.29, 0.717) is 0 Å². The minimum atomic E-state index is 0. The van der Waals surface area contributed by atoms with E-state index in [-0.39, 0.29) is 12.4 Å². The molecule has 0 spiro atoms. The lowest BCUT2D eigenvalue weighted by Gasteiger charge is -1.99. The molecule has 13 heavy (non-hydrogen) atoms. The van der Waals surface area contributed by atoms with Crippen LogP contribution in [0.15, 0.2) is 35.3 Å². The van der Waals surface area contributed by atoms with Gasteiger partial charge in [-0.2, -0.15) is 0 Å². The standard InChI is InChI=1S/C11H13N.ClH/c1-2-5-10(6-3-1)9-11-7-4-8-12-11;/h1-3,5-6H,4,7-9H2;1H. The SMILES string of the molecule is Cl.c1ccc(CC2=NCCC2)cc1. The molecule has 0 radical (unpaired) electrons. The Hall–Kier alpha value is -0.820. The molecule has 1 nitrogen and oxygen atoms in total. The fraction of sp³-hybridized carbons (Fsp3) is 0.364. The van der Waals surface area contributed by atoms with Crippen molar-refractivity contribution >= 4 is 18.1 Å². The largest absolute Gasteiger partial charge is 0.294 e. The van der Waals surface area contributed by atoms with Crippen LogP contribution in [-0.2, 0) is 6.42 Å². The monoisotopic (exact) mass is 195 g/mol. The highest BCUT2D eigenvalue weighted by Gasteiger charge is 2.05. The Kier molecular flexibility index (Phi) is 3.97. The molecule has 0 saturated heterocycles. The van der Waals surface area contributed by atoms with Crippen molar-refractivity contribution in [3.8, 4) is 0 Å². The smallest absolute Gasteiger partial charge is 0.0392 e. The zero-order chi connectivity index (χ0) is 8.23. The highest BCUT2D eigenvalue weighted by molar-refractivity contribution is 5.87. The van der Waals surface area contributed by atoms with Gasteiger partial charge in [-0.05, 0) is 18.4 Å². The maximum absolute atomic E-state index is 4.45. The second-order valence-electron chi connectivity index (χ2n) is 3.21. The fourth-order valence-corrected chi connectivity index (χ4v) is 1.58. The predicted octanol–water partition coefficient (Wildman–Crippen LogP) is 2.89. The number of hydrogen-bond donors (Lipinski definition) is 0. The summed E-state index contributed by atoms with van der Waals surface area (Å²) in [5.41, 5.74) is 2.76. The van der Waals surface area contributed by atoms with E-state index >= 15 is 0 Å². The van der Waals surface area contributed by atoms with Crippen LogP contribution < -0.4 is 0 Å². The summed E-state index contributed by atoms with van der Waals surface area (Å²) in [5, 5.41) is 0. The van der Waals surface area contributed by atoms with Crippen LogP contribution in [0.4, 0.5) is 0 Å². The summed E-state index contributed by atoms with van der Waals surface area (Å²) in [6.07, 6.45) is 3.51. The third-order valence-corrected chi connectivity index (χ3v) is 2.21. The number of hydrogen-bond acceptors (Lipinski definition) is 1. The Morgan fingerprint density at radius 2 is 1.92 bits per heavy atom. The maximum atomic E-state index is 4.45. The molecular formula is C11H14ClN. The molecule has 0 atom stereocenters. The van der Waals surface area contributed by atoms with E-state index in [1.54, 1.807) is 0 Å². The summed E-state index contributed by atoms with van der Waals surface area (Å²) in [5.74, 6) is 0. The maximum Gasteiger partial charge on any atom is 0.0392 e. The van der Waals surface area contributed by atoms with Crippen LogP contribution in [0.25, 0.3) is 0 Å². The molecule has 2 heteroatoms. The Morgan fingerprint density at radius 1 is 1.15 bits per heavy atom. The zero-order valence-electron chi connectivity index (χ0n) is 7.57. The molecule has 0 saturated carbocycles. The number of rotatable bonds is 2. The van der Waals surface area contributed by atoms with E-state index in [2.05, 4.69) is 35.3 Å². The minimum absolute atomic E-state index is 0. The van der Waals surface area contributed by atoms with Gasteiger partial charge in [0.05, 0.1) is 0 Å². The van der Waals surface area contributed by atoms with Gasteiger partial charge in [0.25, 0.3) is 0 Å². The molecule has 0 aromatic heterocycles. The lowest BCUT2D eigenvalue weighted by Crippen LogP contribution is -1.97. The van der Waals surface area contributed by atoms with Gasteiger partial charge < -0.3 is 0 Å². The van der Waals surface area contributed by atoms with Crippen molar-refractivity contribution in [2.24, 2.45) is 4.99 Å². The molecule has 0 unspecified atom stereocenters. The number of nitrogens with zero attached hydrogens (tertiary/aromatic N) is 1. The highest BCUT2D eigenvalue weighted by Crippen LogP contribution is 2.09. The first kappa shape index (κ1) is 10.3. The van der Waals surface area contributed by atoms with Crippen LogP contribution in [0.3, 0.4) is 0 Å². The van der Waals surface area contributed by atoms with Crippen molar-refractivity contribution < 1.29 is 0 Å². The molecular weight excluding hydrogens is 182 g/mol. The van der Waals surface area contributed by atoms with Gasteiger partial charge in [-0.25, -0.2) is 0 Å². The predicted molar refractivity (Wildman–Crippen MR) is 58.9 cm³/mol. The van der Waals surface area contributed by atoms with Crippen LogP contribution in [-0.4, -0.2) is 12.3 Å². The molecule has 1 aromatic carbocycles. The average molecular weight is 196 g/mol. The van der Waals surface area contributed by atoms with Crippen LogP contribution in [0.2, 0.25) is 0 Å². The van der Waals surface area contributed by atoms with E-state index in [0.717, 1.165) is 13.0 Å². The topological polar surface area (TPSA) is 12.4 Å². The molecule has 0 fully saturated rings. The van der Waals surface area contributed by atoms with E-state index in [1.807, 2.05) is 0 Å². The van der Waals surface area contributed by atoms with E-state index in [4.69, 9.17) is 0 Å². The van der Waals surface area contributed by atoms with Crippen molar-refractivity contribution in [3.05, 3.63) is 35.9 Å². The average Bonchev–Trinajstić information content (AvgIpc) is 2.59. The minimum Gasteiger partial charge on any atom is -0.294 e. The van der Waals surface area contributed by atoms with Gasteiger partial charge in [0.2, 0.25) is 0 Å². The number of benzene rings is 1. The molecule has 1 aliphatic heterocycles. The summed E-state index contributed by atoms with van der Waals surface area (Å²) in [6, 6.07) is 10.6. The molecule has 0 N–H and O–H groups in total. The summed E-state index contributed by atoms with van der Waals surface area (Å²) >= 11 is 0. The van der Waals surface area contributed by atoms with Crippen molar-refractivity contribution in [1.82, 2.24) is 0 Å². The summed E-state index contributed by atoms with van der Waals surface area (Å²) in [6.45, 7) is 1.04. The Morgan fingerprint density at radius 3 is 2.54 bits per heavy atom. The molecule has 0 bridgehead atoms. The fourth-order valence-electron chi connectivity index (χ4n) is 1.58. The van der Waals surface area contributed by atoms with Gasteiger partial charge in [-0.15, -0.1) is 12.4 Å². The molecule has 70 valence electrons. The van der Waals surface area contributed by atoms with Crippen molar-refractivity contribution in [1.29, 1.82) is 0 Å². The second-order valence-corrected chi connectivity index (χ2v) is 3.21. The van der Waals surface area contributed by atoms with Crippen LogP contribution in [0, 0.1) is 0 Å². The lowest BCUT2D eigenvalue weighted by molar-refractivity contribution is 0.949. The first-order valence-electron chi connectivity index (χ1n) is 4.51. The molecule has 0 aliphatic carbocycles. The van der Waals surface area contributed by atoms with Crippen LogP contribution >= 0.6 is 12.4 Å². The molecule has 1 aliphatic rings. The Labute approximate surface area is 85.3 Å². The van der Waals surface area contributed by atoms with Gasteiger partial charge in [0.15, 0.2) is 0 Å². The van der Waals surface area contributed by atoms with Gasteiger partial charge in [0.1, 0.15) is 0 Å². The lowest BCUT2D eigenvalue weighted by atomic mass is 10.1. The third-order valence-electron chi connectivity index (χ3n) is 2.21. The second kappa shape index (κ2) is 5.03. The summed E-state index contributed by atoms with van der Waals surface area (Å²) < 4.78 is 0. The summed E-state index contributed by atoms with van der Waals surface area (Å²) in [7, 11) is 0. The number of aliphatic imine (C=N–C) groups is 1.